The number of carbonyl (C=O) groups excluding carboxylic acids is 1. The number of benzene rings is 2. The molecule has 0 fully saturated rings. The third-order valence-electron chi connectivity index (χ3n) is 3.40. The average molecular weight is 314 g/mol. The first-order chi connectivity index (χ1) is 11.1. The zero-order valence-corrected chi connectivity index (χ0v) is 13.1. The molecule has 1 N–H and O–H groups in total. The molecule has 1 atom stereocenters. The van der Waals surface area contributed by atoms with E-state index in [1.54, 1.807) is 18.3 Å². The van der Waals surface area contributed by atoms with Crippen molar-refractivity contribution >= 4 is 12.1 Å². The molecule has 23 heavy (non-hydrogen) atoms. The number of carbonyl (C=O) groups is 1. The molecule has 2 rings (SSSR count). The molecule has 0 aliphatic rings. The second-order valence-corrected chi connectivity index (χ2v) is 5.21. The van der Waals surface area contributed by atoms with Crippen LogP contribution >= 0.6 is 0 Å². The van der Waals surface area contributed by atoms with Gasteiger partial charge in [0, 0.05) is 0 Å². The largest absolute Gasteiger partial charge is 0.386 e. The van der Waals surface area contributed by atoms with Gasteiger partial charge in [-0.2, -0.15) is 0 Å². The second-order valence-electron chi connectivity index (χ2n) is 5.21. The summed E-state index contributed by atoms with van der Waals surface area (Å²) in [4.78, 5) is 16.8. The molecule has 0 saturated carbocycles. The highest BCUT2D eigenvalue weighted by atomic mass is 19.1. The van der Waals surface area contributed by atoms with Gasteiger partial charge in [-0.3, -0.25) is 4.79 Å². The molecule has 2 aromatic rings. The van der Waals surface area contributed by atoms with Gasteiger partial charge in [-0.15, -0.1) is 0 Å². The first kappa shape index (κ1) is 16.7. The quantitative estimate of drug-likeness (QED) is 0.656. The molecule has 2 aromatic carbocycles. The Morgan fingerprint density at radius 1 is 1.26 bits per heavy atom. The molecule has 4 nitrogen and oxygen atoms in total. The van der Waals surface area contributed by atoms with Gasteiger partial charge in [-0.05, 0) is 42.7 Å². The van der Waals surface area contributed by atoms with Crippen LogP contribution in [0.3, 0.4) is 0 Å². The molecule has 120 valence electrons. The summed E-state index contributed by atoms with van der Waals surface area (Å²) in [5, 5.41) is 6.56. The number of oxime groups is 1. The van der Waals surface area contributed by atoms with Crippen LogP contribution in [0.25, 0.3) is 0 Å². The van der Waals surface area contributed by atoms with Gasteiger partial charge in [-0.1, -0.05) is 41.6 Å². The molecular weight excluding hydrogens is 295 g/mol. The minimum absolute atomic E-state index is 0.173. The normalized spacial score (nSPS) is 12.1. The summed E-state index contributed by atoms with van der Waals surface area (Å²) in [5.41, 5.74) is 2.84. The molecule has 0 aromatic heterocycles. The Labute approximate surface area is 135 Å². The van der Waals surface area contributed by atoms with Gasteiger partial charge in [0.15, 0.2) is 6.61 Å². The van der Waals surface area contributed by atoms with E-state index in [9.17, 15) is 9.18 Å². The van der Waals surface area contributed by atoms with E-state index in [1.807, 2.05) is 38.1 Å². The summed E-state index contributed by atoms with van der Waals surface area (Å²) in [7, 11) is 0. The highest BCUT2D eigenvalue weighted by Gasteiger charge is 2.09. The van der Waals surface area contributed by atoms with Gasteiger partial charge in [0.25, 0.3) is 5.91 Å². The number of hydrogen-bond donors (Lipinski definition) is 1. The van der Waals surface area contributed by atoms with Crippen molar-refractivity contribution in [3.05, 3.63) is 71.0 Å². The highest BCUT2D eigenvalue weighted by Crippen LogP contribution is 2.12. The second kappa shape index (κ2) is 8.08. The number of amides is 1. The van der Waals surface area contributed by atoms with Crippen LogP contribution in [0.2, 0.25) is 0 Å². The Morgan fingerprint density at radius 3 is 2.65 bits per heavy atom. The number of hydrogen-bond acceptors (Lipinski definition) is 3. The van der Waals surface area contributed by atoms with Crippen LogP contribution in [0.1, 0.15) is 29.7 Å². The van der Waals surface area contributed by atoms with Crippen molar-refractivity contribution in [3.63, 3.8) is 0 Å². The Bertz CT molecular complexity index is 684. The van der Waals surface area contributed by atoms with E-state index in [0.29, 0.717) is 0 Å². The number of nitrogens with zero attached hydrogens (tertiary/aromatic N) is 1. The lowest BCUT2D eigenvalue weighted by atomic mass is 10.1. The number of nitrogens with one attached hydrogen (secondary N) is 1. The Morgan fingerprint density at radius 2 is 1.96 bits per heavy atom. The molecule has 0 saturated heterocycles. The molecular formula is C18H19FN2O2. The van der Waals surface area contributed by atoms with Crippen LogP contribution in [-0.4, -0.2) is 18.7 Å². The summed E-state index contributed by atoms with van der Waals surface area (Å²) in [6, 6.07) is 13.5. The van der Waals surface area contributed by atoms with Gasteiger partial charge in [0.1, 0.15) is 5.82 Å². The predicted molar refractivity (Wildman–Crippen MR) is 87.7 cm³/mol. The maximum atomic E-state index is 12.9. The number of aryl methyl sites for hydroxylation is 1. The zero-order valence-electron chi connectivity index (χ0n) is 13.1. The lowest BCUT2D eigenvalue weighted by molar-refractivity contribution is -0.126. The third-order valence-corrected chi connectivity index (χ3v) is 3.40. The van der Waals surface area contributed by atoms with Gasteiger partial charge in [-0.25, -0.2) is 4.39 Å². The fourth-order valence-corrected chi connectivity index (χ4v) is 2.04. The minimum atomic E-state index is -0.304. The first-order valence-corrected chi connectivity index (χ1v) is 7.32. The van der Waals surface area contributed by atoms with Crippen molar-refractivity contribution in [1.29, 1.82) is 0 Å². The molecule has 0 spiro atoms. The molecule has 5 heteroatoms. The van der Waals surface area contributed by atoms with Crippen LogP contribution in [0.4, 0.5) is 4.39 Å². The molecule has 1 unspecified atom stereocenters. The standard InChI is InChI=1S/C18H19FN2O2/c1-13-5-3-4-6-16(13)11-20-23-12-18(22)21-14(2)15-7-9-17(19)10-8-15/h3-11,14H,12H2,1-2H3,(H,21,22)/b20-11+. The summed E-state index contributed by atoms with van der Waals surface area (Å²) in [6.07, 6.45) is 1.58. The van der Waals surface area contributed by atoms with Crippen LogP contribution in [-0.2, 0) is 9.63 Å². The van der Waals surface area contributed by atoms with Gasteiger partial charge in [0.2, 0.25) is 0 Å². The van der Waals surface area contributed by atoms with E-state index in [2.05, 4.69) is 10.5 Å². The average Bonchev–Trinajstić information content (AvgIpc) is 2.53. The summed E-state index contributed by atoms with van der Waals surface area (Å²) >= 11 is 0. The van der Waals surface area contributed by atoms with Gasteiger partial charge >= 0.3 is 0 Å². The van der Waals surface area contributed by atoms with E-state index < -0.39 is 0 Å². The highest BCUT2D eigenvalue weighted by molar-refractivity contribution is 5.81. The van der Waals surface area contributed by atoms with Crippen LogP contribution in [0.15, 0.2) is 53.7 Å². The summed E-state index contributed by atoms with van der Waals surface area (Å²) < 4.78 is 12.9. The fraction of sp³-hybridized carbons (Fsp3) is 0.222. The lowest BCUT2D eigenvalue weighted by Gasteiger charge is -2.13. The van der Waals surface area contributed by atoms with Crippen molar-refractivity contribution in [1.82, 2.24) is 5.32 Å². The first-order valence-electron chi connectivity index (χ1n) is 7.32. The van der Waals surface area contributed by atoms with E-state index in [4.69, 9.17) is 4.84 Å². The van der Waals surface area contributed by atoms with E-state index in [1.165, 1.54) is 12.1 Å². The lowest BCUT2D eigenvalue weighted by Crippen LogP contribution is -2.29. The number of rotatable bonds is 6. The number of halogens is 1. The van der Waals surface area contributed by atoms with Crippen molar-refractivity contribution in [2.45, 2.75) is 19.9 Å². The van der Waals surface area contributed by atoms with Crippen LogP contribution in [0, 0.1) is 12.7 Å². The summed E-state index contributed by atoms with van der Waals surface area (Å²) in [6.45, 7) is 3.62. The maximum Gasteiger partial charge on any atom is 0.261 e. The SMILES string of the molecule is Cc1ccccc1/C=N/OCC(=O)NC(C)c1ccc(F)cc1. The molecule has 0 bridgehead atoms. The van der Waals surface area contributed by atoms with Crippen molar-refractivity contribution in [2.75, 3.05) is 6.61 Å². The van der Waals surface area contributed by atoms with Gasteiger partial charge in [0.05, 0.1) is 12.3 Å². The zero-order chi connectivity index (χ0) is 16.7. The Hall–Kier alpha value is -2.69. The van der Waals surface area contributed by atoms with Crippen molar-refractivity contribution in [2.24, 2.45) is 5.16 Å². The topological polar surface area (TPSA) is 50.7 Å². The molecule has 0 aliphatic heterocycles. The maximum absolute atomic E-state index is 12.9. The van der Waals surface area contributed by atoms with Gasteiger partial charge < -0.3 is 10.2 Å². The van der Waals surface area contributed by atoms with Crippen LogP contribution < -0.4 is 5.32 Å². The van der Waals surface area contributed by atoms with E-state index in [0.717, 1.165) is 16.7 Å². The van der Waals surface area contributed by atoms with E-state index in [-0.39, 0.29) is 24.4 Å². The van der Waals surface area contributed by atoms with Crippen LogP contribution in [0.5, 0.6) is 0 Å². The summed E-state index contributed by atoms with van der Waals surface area (Å²) in [5.74, 6) is -0.593. The Kier molecular flexibility index (Phi) is 5.86. The van der Waals surface area contributed by atoms with E-state index >= 15 is 0 Å². The smallest absolute Gasteiger partial charge is 0.261 e. The third kappa shape index (κ3) is 5.21. The van der Waals surface area contributed by atoms with Crippen molar-refractivity contribution in [3.8, 4) is 0 Å². The predicted octanol–water partition coefficient (Wildman–Crippen LogP) is 3.36. The monoisotopic (exact) mass is 314 g/mol. The minimum Gasteiger partial charge on any atom is -0.386 e. The molecule has 0 radical (unpaired) electrons. The molecule has 0 heterocycles. The molecule has 1 amide bonds. The Balaban J connectivity index is 1.79. The fourth-order valence-electron chi connectivity index (χ4n) is 2.04. The van der Waals surface area contributed by atoms with Crippen molar-refractivity contribution < 1.29 is 14.0 Å². The molecule has 0 aliphatic carbocycles.